The zero-order valence-electron chi connectivity index (χ0n) is 14.3. The number of hydrogen-bond donors (Lipinski definition) is 3. The molecule has 0 saturated carbocycles. The molecule has 1 fully saturated rings. The summed E-state index contributed by atoms with van der Waals surface area (Å²) < 4.78 is 0. The van der Waals surface area contributed by atoms with Crippen LogP contribution in [0.5, 0.6) is 0 Å². The van der Waals surface area contributed by atoms with Crippen LogP contribution in [-0.2, 0) is 4.79 Å². The lowest BCUT2D eigenvalue weighted by Gasteiger charge is -2.28. The smallest absolute Gasteiger partial charge is 0.259 e. The Kier molecular flexibility index (Phi) is 4.67. The van der Waals surface area contributed by atoms with Gasteiger partial charge in [-0.3, -0.25) is 4.79 Å². The molecule has 0 aliphatic carbocycles. The molecule has 4 rings (SSSR count). The van der Waals surface area contributed by atoms with Crippen LogP contribution in [0.2, 0.25) is 0 Å². The molecule has 0 radical (unpaired) electrons. The average Bonchev–Trinajstić information content (AvgIpc) is 3.04. The first-order chi connectivity index (χ1) is 12.2. The fourth-order valence-electron chi connectivity index (χ4n) is 3.48. The Balaban J connectivity index is 1.57. The zero-order chi connectivity index (χ0) is 17.2. The maximum Gasteiger partial charge on any atom is 0.259 e. The molecule has 0 bridgehead atoms. The number of aryl methyl sites for hydroxylation is 1. The number of pyridine rings is 1. The molecule has 0 spiro atoms. The summed E-state index contributed by atoms with van der Waals surface area (Å²) in [5, 5.41) is 7.63. The van der Waals surface area contributed by atoms with Crippen LogP contribution in [0.15, 0.2) is 29.6 Å². The minimum atomic E-state index is 0.0412. The van der Waals surface area contributed by atoms with E-state index in [1.54, 1.807) is 11.8 Å². The van der Waals surface area contributed by atoms with Crippen molar-refractivity contribution in [1.29, 1.82) is 0 Å². The Bertz CT molecular complexity index is 809. The monoisotopic (exact) mass is 357 g/mol. The van der Waals surface area contributed by atoms with Gasteiger partial charge in [-0.25, -0.2) is 4.98 Å². The van der Waals surface area contributed by atoms with Crippen molar-refractivity contribution in [3.63, 3.8) is 0 Å². The molecular weight excluding hydrogens is 334 g/mol. The first kappa shape index (κ1) is 16.5. The van der Waals surface area contributed by atoms with Crippen molar-refractivity contribution < 1.29 is 4.79 Å². The van der Waals surface area contributed by atoms with Gasteiger partial charge in [0.25, 0.3) is 5.91 Å². The molecule has 0 aromatic carbocycles. The minimum absolute atomic E-state index is 0.0412. The van der Waals surface area contributed by atoms with E-state index in [2.05, 4.69) is 32.4 Å². The molecule has 25 heavy (non-hydrogen) atoms. The first-order valence-corrected chi connectivity index (χ1v) is 9.76. The normalized spacial score (nSPS) is 21.2. The number of rotatable bonds is 3. The van der Waals surface area contributed by atoms with Gasteiger partial charge in [-0.05, 0) is 37.9 Å². The Hall–Kier alpha value is -1.99. The van der Waals surface area contributed by atoms with Crippen LogP contribution in [0, 0.1) is 6.92 Å². The summed E-state index contributed by atoms with van der Waals surface area (Å²) in [6.07, 6.45) is 7.95. The number of H-pyrrole nitrogens is 1. The molecule has 2 aliphatic rings. The number of amides is 1. The highest BCUT2D eigenvalue weighted by Crippen LogP contribution is 2.32. The number of aromatic nitrogens is 2. The maximum absolute atomic E-state index is 12.7. The number of piperidine rings is 1. The molecular formula is C18H23N5OS. The third-order valence-corrected chi connectivity index (χ3v) is 5.77. The number of aromatic amines is 1. The highest BCUT2D eigenvalue weighted by atomic mass is 32.2. The molecule has 4 heterocycles. The van der Waals surface area contributed by atoms with Gasteiger partial charge >= 0.3 is 0 Å². The highest BCUT2D eigenvalue weighted by molar-refractivity contribution is 8.04. The summed E-state index contributed by atoms with van der Waals surface area (Å²) in [5.74, 6) is 0.939. The molecule has 2 aromatic rings. The number of fused-ring (bicyclic) bond motifs is 1. The largest absolute Gasteiger partial charge is 0.348 e. The fourth-order valence-corrected chi connectivity index (χ4v) is 4.38. The fraction of sp³-hybridized carbons (Fsp3) is 0.444. The minimum Gasteiger partial charge on any atom is -0.348 e. The molecule has 3 N–H and O–H groups in total. The van der Waals surface area contributed by atoms with Crippen molar-refractivity contribution >= 4 is 34.4 Å². The van der Waals surface area contributed by atoms with Crippen LogP contribution in [0.3, 0.4) is 0 Å². The Morgan fingerprint density at radius 1 is 1.48 bits per heavy atom. The lowest BCUT2D eigenvalue weighted by molar-refractivity contribution is -0.117. The number of thioether (sulfide) groups is 1. The summed E-state index contributed by atoms with van der Waals surface area (Å²) in [5.41, 5.74) is 3.17. The van der Waals surface area contributed by atoms with Crippen molar-refractivity contribution in [2.75, 3.05) is 30.3 Å². The van der Waals surface area contributed by atoms with E-state index >= 15 is 0 Å². The molecule has 1 amide bonds. The second-order valence-electron chi connectivity index (χ2n) is 6.58. The molecule has 2 aliphatic heterocycles. The van der Waals surface area contributed by atoms with Gasteiger partial charge in [0.05, 0.1) is 10.6 Å². The molecule has 1 saturated heterocycles. The van der Waals surface area contributed by atoms with Crippen molar-refractivity contribution in [2.24, 2.45) is 0 Å². The summed E-state index contributed by atoms with van der Waals surface area (Å²) in [6.45, 7) is 4.87. The van der Waals surface area contributed by atoms with Crippen LogP contribution in [-0.4, -0.2) is 47.3 Å². The second-order valence-corrected chi connectivity index (χ2v) is 7.71. The van der Waals surface area contributed by atoms with Gasteiger partial charge in [0.15, 0.2) is 0 Å². The van der Waals surface area contributed by atoms with Crippen molar-refractivity contribution in [2.45, 2.75) is 25.8 Å². The van der Waals surface area contributed by atoms with Gasteiger partial charge in [0, 0.05) is 48.9 Å². The summed E-state index contributed by atoms with van der Waals surface area (Å²) in [4.78, 5) is 23.2. The highest BCUT2D eigenvalue weighted by Gasteiger charge is 2.23. The number of carbonyl (C=O) groups is 1. The van der Waals surface area contributed by atoms with Gasteiger partial charge in [-0.1, -0.05) is 0 Å². The van der Waals surface area contributed by atoms with E-state index in [1.165, 1.54) is 5.56 Å². The van der Waals surface area contributed by atoms with Crippen molar-refractivity contribution in [1.82, 2.24) is 20.6 Å². The number of nitrogens with one attached hydrogen (secondary N) is 3. The quantitative estimate of drug-likeness (QED) is 0.785. The lowest BCUT2D eigenvalue weighted by atomic mass is 10.1. The Morgan fingerprint density at radius 2 is 2.40 bits per heavy atom. The SMILES string of the molecule is Cc1c[nH]c2nccc(N3C=C(C(=O)N[C@@H]4CCCNC4)SCC3)c12. The molecule has 132 valence electrons. The summed E-state index contributed by atoms with van der Waals surface area (Å²) >= 11 is 1.63. The van der Waals surface area contributed by atoms with E-state index in [0.29, 0.717) is 0 Å². The molecule has 1 atom stereocenters. The zero-order valence-corrected chi connectivity index (χ0v) is 15.2. The van der Waals surface area contributed by atoms with Crippen molar-refractivity contribution in [3.05, 3.63) is 35.1 Å². The molecule has 0 unspecified atom stereocenters. The van der Waals surface area contributed by atoms with E-state index in [0.717, 1.165) is 59.9 Å². The molecule has 6 nitrogen and oxygen atoms in total. The third-order valence-electron chi connectivity index (χ3n) is 4.78. The average molecular weight is 357 g/mol. The number of nitrogens with zero attached hydrogens (tertiary/aromatic N) is 2. The predicted octanol–water partition coefficient (Wildman–Crippen LogP) is 2.13. The maximum atomic E-state index is 12.7. The van der Waals surface area contributed by atoms with E-state index < -0.39 is 0 Å². The number of anilines is 1. The van der Waals surface area contributed by atoms with Crippen LogP contribution in [0.4, 0.5) is 5.69 Å². The van der Waals surface area contributed by atoms with E-state index in [-0.39, 0.29) is 11.9 Å². The van der Waals surface area contributed by atoms with Gasteiger partial charge < -0.3 is 20.5 Å². The van der Waals surface area contributed by atoms with Crippen LogP contribution >= 0.6 is 11.8 Å². The van der Waals surface area contributed by atoms with Gasteiger partial charge in [-0.15, -0.1) is 11.8 Å². The second kappa shape index (κ2) is 7.09. The van der Waals surface area contributed by atoms with Crippen LogP contribution in [0.1, 0.15) is 18.4 Å². The van der Waals surface area contributed by atoms with E-state index in [4.69, 9.17) is 0 Å². The predicted molar refractivity (Wildman–Crippen MR) is 103 cm³/mol. The Morgan fingerprint density at radius 3 is 3.24 bits per heavy atom. The number of carbonyl (C=O) groups excluding carboxylic acids is 1. The molecule has 2 aromatic heterocycles. The molecule has 7 heteroatoms. The third kappa shape index (κ3) is 3.39. The van der Waals surface area contributed by atoms with Crippen molar-refractivity contribution in [3.8, 4) is 0 Å². The van der Waals surface area contributed by atoms with E-state index in [9.17, 15) is 4.79 Å². The Labute approximate surface area is 151 Å². The van der Waals surface area contributed by atoms with Gasteiger partial charge in [0.1, 0.15) is 5.65 Å². The van der Waals surface area contributed by atoms with Gasteiger partial charge in [-0.2, -0.15) is 0 Å². The summed E-state index contributed by atoms with van der Waals surface area (Å²) in [6, 6.07) is 2.26. The lowest BCUT2D eigenvalue weighted by Crippen LogP contribution is -2.46. The first-order valence-electron chi connectivity index (χ1n) is 8.78. The van der Waals surface area contributed by atoms with Crippen LogP contribution in [0.25, 0.3) is 11.0 Å². The summed E-state index contributed by atoms with van der Waals surface area (Å²) in [7, 11) is 0. The number of hydrogen-bond acceptors (Lipinski definition) is 5. The van der Waals surface area contributed by atoms with E-state index in [1.807, 2.05) is 24.7 Å². The topological polar surface area (TPSA) is 73.0 Å². The van der Waals surface area contributed by atoms with Gasteiger partial charge in [0.2, 0.25) is 0 Å². The standard InChI is InChI=1S/C18H23N5OS/c1-12-9-21-17-16(12)14(4-6-20-17)23-7-8-25-15(11-23)18(24)22-13-3-2-5-19-10-13/h4,6,9,11,13,19H,2-3,5,7-8,10H2,1H3,(H,20,21)(H,22,24)/t13-/m1/s1. The van der Waals surface area contributed by atoms with Crippen LogP contribution < -0.4 is 15.5 Å².